The van der Waals surface area contributed by atoms with Gasteiger partial charge in [0.25, 0.3) is 5.91 Å². The highest BCUT2D eigenvalue weighted by Gasteiger charge is 2.24. The van der Waals surface area contributed by atoms with Crippen molar-refractivity contribution in [2.45, 2.75) is 26.1 Å². The van der Waals surface area contributed by atoms with Crippen molar-refractivity contribution in [2.75, 3.05) is 5.32 Å². The van der Waals surface area contributed by atoms with E-state index in [1.54, 1.807) is 6.07 Å². The third-order valence-electron chi connectivity index (χ3n) is 5.76. The Kier molecular flexibility index (Phi) is 8.11. The van der Waals surface area contributed by atoms with Crippen LogP contribution in [0.5, 0.6) is 0 Å². The first-order valence-electron chi connectivity index (χ1n) is 11.8. The van der Waals surface area contributed by atoms with Crippen LogP contribution in [0, 0.1) is 6.92 Å². The molecule has 2 amide bonds. The minimum atomic E-state index is -0.957. The summed E-state index contributed by atoms with van der Waals surface area (Å²) in [5.74, 6) is -0.385. The van der Waals surface area contributed by atoms with Crippen molar-refractivity contribution in [2.24, 2.45) is 5.73 Å². The Hall–Kier alpha value is -4.42. The molecule has 0 heterocycles. The number of nitrogens with one attached hydrogen (secondary N) is 2. The van der Waals surface area contributed by atoms with Gasteiger partial charge in [-0.2, -0.15) is 0 Å². The largest absolute Gasteiger partial charge is 0.445 e. The van der Waals surface area contributed by atoms with Crippen LogP contribution in [0.15, 0.2) is 103 Å². The second-order valence-electron chi connectivity index (χ2n) is 8.52. The quantitative estimate of drug-likeness (QED) is 0.301. The number of hydrogen-bond acceptors (Lipinski definition) is 4. The number of hydrogen-bond donors (Lipinski definition) is 3. The molecule has 0 bridgehead atoms. The van der Waals surface area contributed by atoms with E-state index in [4.69, 9.17) is 10.5 Å². The third kappa shape index (κ3) is 6.58. The summed E-state index contributed by atoms with van der Waals surface area (Å²) in [6.07, 6.45) is -0.683. The predicted octanol–water partition coefficient (Wildman–Crippen LogP) is 5.73. The van der Waals surface area contributed by atoms with Crippen molar-refractivity contribution in [1.82, 2.24) is 5.32 Å². The molecule has 0 saturated carbocycles. The fourth-order valence-corrected chi connectivity index (χ4v) is 3.87. The summed E-state index contributed by atoms with van der Waals surface area (Å²) < 4.78 is 5.38. The fourth-order valence-electron chi connectivity index (χ4n) is 3.87. The molecule has 4 N–H and O–H groups in total. The zero-order chi connectivity index (χ0) is 25.3. The minimum Gasteiger partial charge on any atom is -0.445 e. The molecule has 4 aromatic carbocycles. The molecule has 0 aromatic heterocycles. The van der Waals surface area contributed by atoms with Gasteiger partial charge in [-0.05, 0) is 46.9 Å². The Bertz CT molecular complexity index is 1320. The molecule has 1 atom stereocenters. The van der Waals surface area contributed by atoms with E-state index in [2.05, 4.69) is 16.7 Å². The molecule has 4 aromatic rings. The van der Waals surface area contributed by atoms with Gasteiger partial charge in [0.15, 0.2) is 0 Å². The molecule has 0 unspecified atom stereocenters. The van der Waals surface area contributed by atoms with Crippen LogP contribution >= 0.6 is 0 Å². The number of nitrogens with two attached hydrogens (primary N) is 1. The van der Waals surface area contributed by atoms with Crippen LogP contribution in [-0.4, -0.2) is 12.0 Å². The maximum absolute atomic E-state index is 13.3. The number of ether oxygens (including phenoxy) is 1. The molecule has 0 radical (unpaired) electrons. The molecular formula is C30H29N3O3. The lowest BCUT2D eigenvalue weighted by Crippen LogP contribution is -2.37. The number of anilines is 1. The van der Waals surface area contributed by atoms with E-state index in [1.807, 2.05) is 97.9 Å². The average Bonchev–Trinajstić information content (AvgIpc) is 2.91. The number of alkyl carbamates (subject to hydrolysis) is 1. The first-order valence-corrected chi connectivity index (χ1v) is 11.8. The van der Waals surface area contributed by atoms with E-state index in [9.17, 15) is 9.59 Å². The highest BCUT2D eigenvalue weighted by atomic mass is 16.5. The number of amides is 2. The summed E-state index contributed by atoms with van der Waals surface area (Å²) >= 11 is 0. The van der Waals surface area contributed by atoms with Crippen LogP contribution < -0.4 is 16.4 Å². The Balaban J connectivity index is 1.54. The van der Waals surface area contributed by atoms with Crippen LogP contribution in [0.4, 0.5) is 10.5 Å². The zero-order valence-electron chi connectivity index (χ0n) is 20.1. The Morgan fingerprint density at radius 3 is 2.25 bits per heavy atom. The summed E-state index contributed by atoms with van der Waals surface area (Å²) in [4.78, 5) is 26.0. The summed E-state index contributed by atoms with van der Waals surface area (Å²) in [7, 11) is 0. The van der Waals surface area contributed by atoms with Crippen molar-refractivity contribution >= 4 is 17.7 Å². The molecular weight excluding hydrogens is 450 g/mol. The molecule has 0 aliphatic rings. The molecule has 0 spiro atoms. The third-order valence-corrected chi connectivity index (χ3v) is 5.76. The van der Waals surface area contributed by atoms with E-state index >= 15 is 0 Å². The van der Waals surface area contributed by atoms with E-state index in [-0.39, 0.29) is 12.5 Å². The molecule has 0 aliphatic carbocycles. The Morgan fingerprint density at radius 1 is 0.806 bits per heavy atom. The molecule has 6 nitrogen and oxygen atoms in total. The van der Waals surface area contributed by atoms with Gasteiger partial charge < -0.3 is 21.1 Å². The Morgan fingerprint density at radius 2 is 1.53 bits per heavy atom. The lowest BCUT2D eigenvalue weighted by molar-refractivity contribution is -0.118. The van der Waals surface area contributed by atoms with Gasteiger partial charge in [-0.3, -0.25) is 4.79 Å². The van der Waals surface area contributed by atoms with Crippen molar-refractivity contribution < 1.29 is 14.3 Å². The topological polar surface area (TPSA) is 93.4 Å². The lowest BCUT2D eigenvalue weighted by atomic mass is 9.99. The minimum absolute atomic E-state index is 0.103. The summed E-state index contributed by atoms with van der Waals surface area (Å²) in [6, 6.07) is 31.5. The highest BCUT2D eigenvalue weighted by Crippen LogP contribution is 2.24. The number of rotatable bonds is 8. The predicted molar refractivity (Wildman–Crippen MR) is 142 cm³/mol. The van der Waals surface area contributed by atoms with Crippen LogP contribution in [0.3, 0.4) is 0 Å². The van der Waals surface area contributed by atoms with Crippen molar-refractivity contribution in [3.63, 3.8) is 0 Å². The highest BCUT2D eigenvalue weighted by molar-refractivity contribution is 5.97. The van der Waals surface area contributed by atoms with Crippen LogP contribution in [0.2, 0.25) is 0 Å². The van der Waals surface area contributed by atoms with Gasteiger partial charge in [0.05, 0.1) is 0 Å². The molecule has 0 saturated heterocycles. The second kappa shape index (κ2) is 11.8. The number of carbonyl (C=O) groups is 2. The van der Waals surface area contributed by atoms with Crippen molar-refractivity contribution in [3.05, 3.63) is 125 Å². The molecule has 0 aliphatic heterocycles. The number of aryl methyl sites for hydroxylation is 1. The van der Waals surface area contributed by atoms with E-state index in [0.29, 0.717) is 17.8 Å². The summed E-state index contributed by atoms with van der Waals surface area (Å²) in [5.41, 5.74) is 12.0. The van der Waals surface area contributed by atoms with Gasteiger partial charge in [0.1, 0.15) is 12.6 Å². The monoisotopic (exact) mass is 479 g/mol. The van der Waals surface area contributed by atoms with Gasteiger partial charge in [0, 0.05) is 12.2 Å². The van der Waals surface area contributed by atoms with Crippen molar-refractivity contribution in [3.8, 4) is 11.1 Å². The summed E-state index contributed by atoms with van der Waals surface area (Å²) in [5, 5.41) is 5.61. The van der Waals surface area contributed by atoms with E-state index < -0.39 is 12.1 Å². The van der Waals surface area contributed by atoms with Crippen LogP contribution in [-0.2, 0) is 22.7 Å². The van der Waals surface area contributed by atoms with Crippen molar-refractivity contribution in [1.29, 1.82) is 0 Å². The fraction of sp³-hybridized carbons (Fsp3) is 0.133. The maximum Gasteiger partial charge on any atom is 0.408 e. The molecule has 4 rings (SSSR count). The van der Waals surface area contributed by atoms with Crippen LogP contribution in [0.25, 0.3) is 11.1 Å². The zero-order valence-corrected chi connectivity index (χ0v) is 20.1. The molecule has 182 valence electrons. The second-order valence-corrected chi connectivity index (χ2v) is 8.52. The smallest absolute Gasteiger partial charge is 0.408 e. The number of benzene rings is 4. The molecule has 6 heteroatoms. The number of carbonyl (C=O) groups excluding carboxylic acids is 2. The SMILES string of the molecule is Cc1cccc(-c2ccc([C@@H](NC(=O)OCc3ccccc3)C(=O)Nc3cccc(CN)c3)cc2)c1. The molecule has 0 fully saturated rings. The lowest BCUT2D eigenvalue weighted by Gasteiger charge is -2.19. The first kappa shape index (κ1) is 24.7. The van der Waals surface area contributed by atoms with E-state index in [1.165, 1.54) is 0 Å². The molecule has 36 heavy (non-hydrogen) atoms. The standard InChI is InChI=1S/C30H29N3O3/c1-21-7-5-11-26(17-21)24-13-15-25(16-14-24)28(29(34)32-27-12-6-10-23(18-27)19-31)33-30(35)36-20-22-8-3-2-4-9-22/h2-18,28H,19-20,31H2,1H3,(H,32,34)(H,33,35)/t28-/m1/s1. The maximum atomic E-state index is 13.3. The first-order chi connectivity index (χ1) is 17.5. The Labute approximate surface area is 211 Å². The summed E-state index contributed by atoms with van der Waals surface area (Å²) in [6.45, 7) is 2.51. The van der Waals surface area contributed by atoms with Gasteiger partial charge in [-0.25, -0.2) is 4.79 Å². The van der Waals surface area contributed by atoms with Gasteiger partial charge in [0.2, 0.25) is 0 Å². The average molecular weight is 480 g/mol. The van der Waals surface area contributed by atoms with Gasteiger partial charge >= 0.3 is 6.09 Å². The van der Waals surface area contributed by atoms with Crippen LogP contribution in [0.1, 0.15) is 28.3 Å². The van der Waals surface area contributed by atoms with Gasteiger partial charge in [-0.15, -0.1) is 0 Å². The van der Waals surface area contributed by atoms with Gasteiger partial charge in [-0.1, -0.05) is 96.6 Å². The van der Waals surface area contributed by atoms with E-state index in [0.717, 1.165) is 27.8 Å². The normalized spacial score (nSPS) is 11.4.